The summed E-state index contributed by atoms with van der Waals surface area (Å²) in [7, 11) is 4.72. The molecule has 2 aliphatic carbocycles. The summed E-state index contributed by atoms with van der Waals surface area (Å²) in [6.07, 6.45) is 7.48. The summed E-state index contributed by atoms with van der Waals surface area (Å²) in [5, 5.41) is 27.1. The van der Waals surface area contributed by atoms with Crippen molar-refractivity contribution >= 4 is 70.9 Å². The molecule has 0 spiro atoms. The molecule has 1 unspecified atom stereocenters. The van der Waals surface area contributed by atoms with Crippen molar-refractivity contribution in [1.82, 2.24) is 41.3 Å². The summed E-state index contributed by atoms with van der Waals surface area (Å²) in [4.78, 5) is 152. The zero-order chi connectivity index (χ0) is 69.6. The molecular weight excluding hydrogens is 1220 g/mol. The van der Waals surface area contributed by atoms with Crippen LogP contribution < -0.4 is 37.6 Å². The van der Waals surface area contributed by atoms with E-state index in [0.29, 0.717) is 69.2 Å². The number of likely N-dealkylation sites (N-methyl/N-ethyl adjacent to an activating group) is 1. The van der Waals surface area contributed by atoms with Crippen LogP contribution in [0.25, 0.3) is 0 Å². The fourth-order valence-electron chi connectivity index (χ4n) is 14.1. The molecule has 2 aromatic rings. The summed E-state index contributed by atoms with van der Waals surface area (Å²) < 4.78 is 18.1. The first-order valence-corrected chi connectivity index (χ1v) is 33.9. The van der Waals surface area contributed by atoms with E-state index in [0.717, 1.165) is 23.3 Å². The van der Waals surface area contributed by atoms with E-state index in [1.54, 1.807) is 61.9 Å². The highest BCUT2D eigenvalue weighted by Gasteiger charge is 2.55. The minimum atomic E-state index is -1.10. The molecule has 2 heterocycles. The number of anilines is 1. The zero-order valence-corrected chi connectivity index (χ0v) is 57.1. The third kappa shape index (κ3) is 21.1. The molecule has 25 heteroatoms. The van der Waals surface area contributed by atoms with Crippen LogP contribution in [0.15, 0.2) is 66.7 Å². The number of unbranched alkanes of at least 4 members (excludes halogenated alkanes) is 2. The molecule has 524 valence electrons. The second kappa shape index (κ2) is 36.9. The highest BCUT2D eigenvalue weighted by atomic mass is 16.5. The minimum absolute atomic E-state index is 0.0686. The molecule has 0 radical (unpaired) electrons. The molecule has 9 N–H and O–H groups in total. The average molecular weight is 1330 g/mol. The normalized spacial score (nSPS) is 21.0. The van der Waals surface area contributed by atoms with Crippen LogP contribution in [-0.2, 0) is 75.2 Å². The molecule has 6 rings (SSSR count). The summed E-state index contributed by atoms with van der Waals surface area (Å²) in [6.45, 7) is 13.4. The Kier molecular flexibility index (Phi) is 29.6. The van der Waals surface area contributed by atoms with Gasteiger partial charge in [0.2, 0.25) is 41.4 Å². The minimum Gasteiger partial charge on any atom is -0.461 e. The first kappa shape index (κ1) is 76.2. The van der Waals surface area contributed by atoms with Gasteiger partial charge in [-0.25, -0.2) is 4.79 Å². The lowest BCUT2D eigenvalue weighted by atomic mass is 9.78. The quantitative estimate of drug-likeness (QED) is 0.0257. The fraction of sp³-hybridized carbons (Fsp3) is 0.643. The molecule has 2 aromatic carbocycles. The van der Waals surface area contributed by atoms with Gasteiger partial charge in [-0.2, -0.15) is 0 Å². The van der Waals surface area contributed by atoms with E-state index < -0.39 is 95.9 Å². The first-order valence-electron chi connectivity index (χ1n) is 33.9. The number of esters is 1. The molecule has 11 amide bonds. The summed E-state index contributed by atoms with van der Waals surface area (Å²) in [5.74, 6) is -7.35. The number of likely N-dealkylation sites (tertiary alicyclic amines) is 1. The van der Waals surface area contributed by atoms with Crippen LogP contribution in [0.5, 0.6) is 0 Å². The Labute approximate surface area is 559 Å². The van der Waals surface area contributed by atoms with Gasteiger partial charge in [0.1, 0.15) is 24.7 Å². The van der Waals surface area contributed by atoms with E-state index in [9.17, 15) is 57.8 Å². The fourth-order valence-corrected chi connectivity index (χ4v) is 14.1. The number of hydrogen-bond donors (Lipinski definition) is 8. The average Bonchev–Trinajstić information content (AvgIpc) is 1.66. The van der Waals surface area contributed by atoms with Crippen molar-refractivity contribution in [2.45, 2.75) is 193 Å². The van der Waals surface area contributed by atoms with Gasteiger partial charge in [0, 0.05) is 65.2 Å². The number of benzene rings is 2. The first-order chi connectivity index (χ1) is 45.3. The van der Waals surface area contributed by atoms with Crippen LogP contribution >= 0.6 is 0 Å². The van der Waals surface area contributed by atoms with Gasteiger partial charge in [-0.1, -0.05) is 104 Å². The van der Waals surface area contributed by atoms with Gasteiger partial charge in [-0.15, -0.1) is 0 Å². The van der Waals surface area contributed by atoms with E-state index >= 15 is 0 Å². The third-order valence-electron chi connectivity index (χ3n) is 19.5. The Morgan fingerprint density at radius 1 is 0.737 bits per heavy atom. The summed E-state index contributed by atoms with van der Waals surface area (Å²) >= 11 is 0. The van der Waals surface area contributed by atoms with Gasteiger partial charge in [0.25, 0.3) is 11.8 Å². The van der Waals surface area contributed by atoms with Crippen molar-refractivity contribution in [2.75, 3.05) is 52.8 Å². The third-order valence-corrected chi connectivity index (χ3v) is 19.5. The molecule has 1 saturated heterocycles. The van der Waals surface area contributed by atoms with E-state index in [-0.39, 0.29) is 117 Å². The number of nitrogens with zero attached hydrogens (tertiary/aromatic N) is 3. The molecule has 25 nitrogen and oxygen atoms in total. The van der Waals surface area contributed by atoms with Crippen LogP contribution in [0.3, 0.4) is 0 Å². The summed E-state index contributed by atoms with van der Waals surface area (Å²) in [6, 6.07) is 10.8. The second-order valence-corrected chi connectivity index (χ2v) is 26.8. The van der Waals surface area contributed by atoms with E-state index in [2.05, 4.69) is 31.9 Å². The Hall–Kier alpha value is -7.77. The number of primary amides is 1. The number of carbonyl (C=O) groups excluding carboxylic acids is 11. The number of hydrogen-bond acceptors (Lipinski definition) is 15. The molecule has 2 bridgehead atoms. The lowest BCUT2D eigenvalue weighted by Crippen LogP contribution is -2.58. The van der Waals surface area contributed by atoms with Gasteiger partial charge < -0.3 is 66.8 Å². The van der Waals surface area contributed by atoms with Crippen LogP contribution in [0.4, 0.5) is 10.5 Å². The van der Waals surface area contributed by atoms with Crippen LogP contribution in [0.2, 0.25) is 0 Å². The number of aliphatic hydroxyl groups is 1. The zero-order valence-electron chi connectivity index (χ0n) is 57.1. The molecule has 2 aliphatic heterocycles. The summed E-state index contributed by atoms with van der Waals surface area (Å²) in [5.41, 5.74) is 7.18. The predicted octanol–water partition coefficient (Wildman–Crippen LogP) is 4.67. The van der Waals surface area contributed by atoms with Crippen molar-refractivity contribution in [3.05, 3.63) is 77.9 Å². The highest BCUT2D eigenvalue weighted by molar-refractivity contribution is 6.12. The lowest BCUT2D eigenvalue weighted by molar-refractivity contribution is -0.157. The number of rotatable bonds is 38. The highest BCUT2D eigenvalue weighted by Crippen LogP contribution is 2.53. The van der Waals surface area contributed by atoms with E-state index in [1.807, 2.05) is 58.0 Å². The maximum atomic E-state index is 14.9. The monoisotopic (exact) mass is 1320 g/mol. The van der Waals surface area contributed by atoms with Crippen molar-refractivity contribution < 1.29 is 72.1 Å². The lowest BCUT2D eigenvalue weighted by Gasteiger charge is -2.41. The molecule has 2 saturated carbocycles. The molecular formula is C70H104N10O15. The Balaban J connectivity index is 1.04. The number of amides is 11. The number of aliphatic hydroxyl groups excluding tert-OH is 1. The molecule has 0 aromatic heterocycles. The molecule has 95 heavy (non-hydrogen) atoms. The number of carbonyl (C=O) groups is 11. The Morgan fingerprint density at radius 3 is 2.01 bits per heavy atom. The van der Waals surface area contributed by atoms with Crippen LogP contribution in [0, 0.1) is 47.3 Å². The van der Waals surface area contributed by atoms with Crippen molar-refractivity contribution in [2.24, 2.45) is 53.1 Å². The number of fused-ring (bicyclic) bond motifs is 2. The molecule has 3 fully saturated rings. The SMILES string of the molecule is CC[C@H](C)[C@@H]([C@@H](CC(=O)N1CCC[C@H]1[C@H](OC)[C@@H](C)C(=O)N[C@H](CO)Cc1ccccc1)OC)N(C)C(=O)[C@@H](NC(=O)[C@H]1C(C(=O)OCc2ccc(NC(=O)[C@H](CCCNC(N)=O)NC(=O)[C@@H](NC(=O)CCCCCN3C(=O)C=CC3=O)C(C)C)cc2)[C@@H]2CC[C@H]1C2)C(C)C. The predicted molar refractivity (Wildman–Crippen MR) is 355 cm³/mol. The number of nitrogens with one attached hydrogen (secondary N) is 6. The van der Waals surface area contributed by atoms with Gasteiger partial charge >= 0.3 is 12.0 Å². The number of nitrogens with two attached hydrogens (primary N) is 1. The van der Waals surface area contributed by atoms with Gasteiger partial charge in [0.15, 0.2) is 0 Å². The smallest absolute Gasteiger partial charge is 0.312 e. The second-order valence-electron chi connectivity index (χ2n) is 26.8. The van der Waals surface area contributed by atoms with Crippen molar-refractivity contribution in [3.8, 4) is 0 Å². The number of urea groups is 1. The molecule has 4 aliphatic rings. The topological polar surface area (TPSA) is 344 Å². The standard InChI is InChI=1S/C70H104N10O15/c1-11-43(6)62(53(93-9)38-57(85)79-35-19-23-52(79)63(94-10)44(7)64(86)74-50(39-81)36-45-20-14-12-15-21-45)78(8)68(90)61(42(4)5)77-66(88)58-47-27-28-48(37-47)59(58)69(91)95-40-46-25-29-49(30-26-46)73-65(87)51(22-18-33-72-70(71)92)75-67(89)60(41(2)3)76-54(82)24-16-13-17-34-80-55(83)31-32-56(80)84/h12,14-15,20-21,25-26,29-32,41-44,47-48,50-53,58-63,81H,11,13,16-19,22-24,27-28,33-40H2,1-10H3,(H,73,87)(H,74,86)(H,75,89)(H,76,82)(H,77,88)(H3,71,72,92)/t43-,44+,47-,48+,50-,51-,52-,53+,58+,59?,60-,61-,62-,63+/m0/s1. The number of ether oxygens (including phenoxy) is 3. The largest absolute Gasteiger partial charge is 0.461 e. The van der Waals surface area contributed by atoms with Gasteiger partial charge in [0.05, 0.1) is 61.1 Å². The van der Waals surface area contributed by atoms with Gasteiger partial charge in [-0.05, 0) is 117 Å². The van der Waals surface area contributed by atoms with Crippen molar-refractivity contribution in [1.29, 1.82) is 0 Å². The van der Waals surface area contributed by atoms with E-state index in [1.165, 1.54) is 26.4 Å². The molecule has 14 atom stereocenters. The maximum absolute atomic E-state index is 14.9. The van der Waals surface area contributed by atoms with Crippen molar-refractivity contribution in [3.63, 3.8) is 0 Å². The Morgan fingerprint density at radius 2 is 1.40 bits per heavy atom. The van der Waals surface area contributed by atoms with E-state index in [4.69, 9.17) is 19.9 Å². The maximum Gasteiger partial charge on any atom is 0.312 e. The van der Waals surface area contributed by atoms with Crippen LogP contribution in [-0.4, -0.2) is 181 Å². The Bertz CT molecular complexity index is 2970. The van der Waals surface area contributed by atoms with Gasteiger partial charge in [-0.3, -0.25) is 52.8 Å². The number of methoxy groups -OCH3 is 2. The van der Waals surface area contributed by atoms with Crippen LogP contribution in [0.1, 0.15) is 143 Å². The number of imide groups is 1.